The van der Waals surface area contributed by atoms with Gasteiger partial charge in [0.1, 0.15) is 0 Å². The minimum Gasteiger partial charge on any atom is -0.396 e. The molecule has 0 aliphatic rings. The molecule has 3 aromatic rings. The molecule has 0 radical (unpaired) electrons. The molecule has 0 aliphatic carbocycles. The first-order valence-corrected chi connectivity index (χ1v) is 12.2. The van der Waals surface area contributed by atoms with Crippen LogP contribution in [0.3, 0.4) is 0 Å². The number of aliphatic hydroxyl groups excluding tert-OH is 1. The summed E-state index contributed by atoms with van der Waals surface area (Å²) in [5.41, 5.74) is 3.32. The summed E-state index contributed by atoms with van der Waals surface area (Å²) in [6.45, 7) is 2.98. The first kappa shape index (κ1) is 22.5. The van der Waals surface area contributed by atoms with Gasteiger partial charge in [-0.1, -0.05) is 44.4 Å². The van der Waals surface area contributed by atoms with Gasteiger partial charge in [-0.2, -0.15) is 0 Å². The van der Waals surface area contributed by atoms with Gasteiger partial charge >= 0.3 is 0 Å². The smallest absolute Gasteiger partial charge is 0.267 e. The molecule has 160 valence electrons. The molecule has 1 amide bonds. The predicted octanol–water partition coefficient (Wildman–Crippen LogP) is 5.73. The lowest BCUT2D eigenvalue weighted by Crippen LogP contribution is -2.10. The van der Waals surface area contributed by atoms with E-state index in [0.29, 0.717) is 23.0 Å². The molecule has 0 atom stereocenters. The minimum atomic E-state index is -0.146. The van der Waals surface area contributed by atoms with Crippen molar-refractivity contribution in [2.45, 2.75) is 52.0 Å². The van der Waals surface area contributed by atoms with Crippen LogP contribution in [0.15, 0.2) is 41.8 Å². The molecule has 1 aromatic carbocycles. The summed E-state index contributed by atoms with van der Waals surface area (Å²) in [4.78, 5) is 18.6. The van der Waals surface area contributed by atoms with E-state index >= 15 is 0 Å². The lowest BCUT2D eigenvalue weighted by atomic mass is 10.0. The molecular formula is C23H29N3O2S2. The van der Waals surface area contributed by atoms with Crippen LogP contribution < -0.4 is 10.6 Å². The third kappa shape index (κ3) is 6.65. The summed E-state index contributed by atoms with van der Waals surface area (Å²) < 4.78 is 0. The monoisotopic (exact) mass is 443 g/mol. The minimum absolute atomic E-state index is 0.0558. The van der Waals surface area contributed by atoms with E-state index in [2.05, 4.69) is 46.8 Å². The van der Waals surface area contributed by atoms with Crippen LogP contribution in [-0.2, 0) is 19.4 Å². The highest BCUT2D eigenvalue weighted by molar-refractivity contribution is 7.15. The number of para-hydroxylation sites is 1. The van der Waals surface area contributed by atoms with E-state index in [9.17, 15) is 4.79 Å². The van der Waals surface area contributed by atoms with Crippen molar-refractivity contribution >= 4 is 39.4 Å². The Morgan fingerprint density at radius 2 is 1.97 bits per heavy atom. The van der Waals surface area contributed by atoms with E-state index in [0.717, 1.165) is 17.0 Å². The fourth-order valence-electron chi connectivity index (χ4n) is 3.18. The van der Waals surface area contributed by atoms with Gasteiger partial charge in [0, 0.05) is 35.5 Å². The zero-order valence-electron chi connectivity index (χ0n) is 17.3. The molecule has 0 fully saturated rings. The highest BCUT2D eigenvalue weighted by Crippen LogP contribution is 2.23. The van der Waals surface area contributed by atoms with Crippen molar-refractivity contribution in [1.82, 2.24) is 4.98 Å². The van der Waals surface area contributed by atoms with E-state index in [1.165, 1.54) is 59.6 Å². The molecule has 5 nitrogen and oxygen atoms in total. The van der Waals surface area contributed by atoms with Crippen molar-refractivity contribution in [2.75, 3.05) is 17.2 Å². The van der Waals surface area contributed by atoms with Gasteiger partial charge in [0.25, 0.3) is 5.91 Å². The number of unbranched alkanes of at least 4 members (excludes halogenated alkanes) is 3. The topological polar surface area (TPSA) is 74.2 Å². The number of benzene rings is 1. The second-order valence-corrected chi connectivity index (χ2v) is 9.19. The second-order valence-electron chi connectivity index (χ2n) is 7.16. The van der Waals surface area contributed by atoms with Gasteiger partial charge in [-0.15, -0.1) is 22.7 Å². The van der Waals surface area contributed by atoms with E-state index in [1.54, 1.807) is 0 Å². The van der Waals surface area contributed by atoms with Gasteiger partial charge in [0.15, 0.2) is 5.13 Å². The van der Waals surface area contributed by atoms with Crippen LogP contribution in [0.1, 0.15) is 58.4 Å². The normalized spacial score (nSPS) is 10.9. The number of carbonyl (C=O) groups is 1. The summed E-state index contributed by atoms with van der Waals surface area (Å²) in [5, 5.41) is 17.8. The number of aryl methyl sites for hydroxylation is 1. The molecule has 30 heavy (non-hydrogen) atoms. The molecule has 0 saturated carbocycles. The maximum Gasteiger partial charge on any atom is 0.267 e. The highest BCUT2D eigenvalue weighted by atomic mass is 32.1. The molecule has 3 N–H and O–H groups in total. The number of amides is 1. The Hall–Kier alpha value is -2.22. The van der Waals surface area contributed by atoms with Gasteiger partial charge in [0.05, 0.1) is 10.6 Å². The average molecular weight is 444 g/mol. The first-order valence-electron chi connectivity index (χ1n) is 10.5. The summed E-state index contributed by atoms with van der Waals surface area (Å²) in [6.07, 6.45) is 6.62. The number of hydrogen-bond donors (Lipinski definition) is 3. The number of nitrogens with one attached hydrogen (secondary N) is 2. The molecule has 0 spiro atoms. The van der Waals surface area contributed by atoms with Crippen molar-refractivity contribution in [3.8, 4) is 0 Å². The summed E-state index contributed by atoms with van der Waals surface area (Å²) in [6, 6.07) is 12.3. The standard InChI is InChI=1S/C23H29N3O2S2/c1-2-3-4-5-8-17-9-6-7-10-20(17)24-15-19-11-12-21(30-19)22(28)26-23-25-18(13-14-27)16-29-23/h6-7,9-12,16,24,27H,2-5,8,13-15H2,1H3,(H,25,26,28). The van der Waals surface area contributed by atoms with Crippen LogP contribution in [0.25, 0.3) is 0 Å². The Kier molecular flexibility index (Phi) is 8.86. The van der Waals surface area contributed by atoms with E-state index in [-0.39, 0.29) is 12.5 Å². The van der Waals surface area contributed by atoms with Crippen LogP contribution in [-0.4, -0.2) is 22.6 Å². The lowest BCUT2D eigenvalue weighted by molar-refractivity contribution is 0.103. The molecule has 0 bridgehead atoms. The Balaban J connectivity index is 1.53. The highest BCUT2D eigenvalue weighted by Gasteiger charge is 2.12. The third-order valence-corrected chi connectivity index (χ3v) is 6.69. The van der Waals surface area contributed by atoms with Gasteiger partial charge in [0.2, 0.25) is 0 Å². The van der Waals surface area contributed by atoms with Crippen LogP contribution in [0.2, 0.25) is 0 Å². The van der Waals surface area contributed by atoms with Gasteiger partial charge in [-0.05, 0) is 36.6 Å². The van der Waals surface area contributed by atoms with E-state index in [4.69, 9.17) is 5.11 Å². The molecule has 7 heteroatoms. The zero-order valence-corrected chi connectivity index (χ0v) is 19.0. The summed E-state index contributed by atoms with van der Waals surface area (Å²) >= 11 is 2.87. The second kappa shape index (κ2) is 11.8. The molecular weight excluding hydrogens is 414 g/mol. The predicted molar refractivity (Wildman–Crippen MR) is 127 cm³/mol. The Bertz CT molecular complexity index is 936. The fraction of sp³-hybridized carbons (Fsp3) is 0.391. The lowest BCUT2D eigenvalue weighted by Gasteiger charge is -2.11. The van der Waals surface area contributed by atoms with Crippen LogP contribution in [0, 0.1) is 0 Å². The fourth-order valence-corrected chi connectivity index (χ4v) is 4.77. The first-order chi connectivity index (χ1) is 14.7. The average Bonchev–Trinajstić information content (AvgIpc) is 3.40. The van der Waals surface area contributed by atoms with Crippen molar-refractivity contribution in [3.05, 3.63) is 62.8 Å². The Morgan fingerprint density at radius 1 is 1.10 bits per heavy atom. The molecule has 2 aromatic heterocycles. The van der Waals surface area contributed by atoms with Crippen molar-refractivity contribution in [1.29, 1.82) is 0 Å². The SMILES string of the molecule is CCCCCCc1ccccc1NCc1ccc(C(=O)Nc2nc(CCO)cs2)s1. The molecule has 3 rings (SSSR count). The number of nitrogens with zero attached hydrogens (tertiary/aromatic N) is 1. The summed E-state index contributed by atoms with van der Waals surface area (Å²) in [7, 11) is 0. The molecule has 0 unspecified atom stereocenters. The maximum absolute atomic E-state index is 12.5. The zero-order chi connectivity index (χ0) is 21.2. The Labute approximate surface area is 186 Å². The van der Waals surface area contributed by atoms with Gasteiger partial charge in [-0.25, -0.2) is 4.98 Å². The number of aliphatic hydroxyl groups is 1. The summed E-state index contributed by atoms with van der Waals surface area (Å²) in [5.74, 6) is -0.146. The molecule has 0 saturated heterocycles. The molecule has 0 aliphatic heterocycles. The number of anilines is 2. The number of carbonyl (C=O) groups excluding carboxylic acids is 1. The number of hydrogen-bond acceptors (Lipinski definition) is 6. The van der Waals surface area contributed by atoms with Crippen LogP contribution >= 0.6 is 22.7 Å². The van der Waals surface area contributed by atoms with Crippen molar-refractivity contribution in [3.63, 3.8) is 0 Å². The third-order valence-electron chi connectivity index (χ3n) is 4.80. The van der Waals surface area contributed by atoms with Gasteiger partial charge in [-0.3, -0.25) is 10.1 Å². The van der Waals surface area contributed by atoms with Gasteiger partial charge < -0.3 is 10.4 Å². The number of thiophene rings is 1. The van der Waals surface area contributed by atoms with Crippen molar-refractivity contribution in [2.24, 2.45) is 0 Å². The maximum atomic E-state index is 12.5. The number of rotatable bonds is 12. The van der Waals surface area contributed by atoms with E-state index in [1.807, 2.05) is 17.5 Å². The van der Waals surface area contributed by atoms with Crippen LogP contribution in [0.5, 0.6) is 0 Å². The Morgan fingerprint density at radius 3 is 2.80 bits per heavy atom. The van der Waals surface area contributed by atoms with Crippen molar-refractivity contribution < 1.29 is 9.90 Å². The van der Waals surface area contributed by atoms with E-state index < -0.39 is 0 Å². The molecule has 2 heterocycles. The number of thiazole rings is 1. The van der Waals surface area contributed by atoms with Crippen LogP contribution in [0.4, 0.5) is 10.8 Å². The largest absolute Gasteiger partial charge is 0.396 e. The number of aromatic nitrogens is 1. The quantitative estimate of drug-likeness (QED) is 0.313.